The molecule has 462 valence electrons. The quantitative estimate of drug-likeness (QED) is 0.0677. The molecule has 11 aromatic rings. The molecular weight excluding hydrogens is 1220 g/mol. The number of hydrogen-bond donors (Lipinski definition) is 0. The van der Waals surface area contributed by atoms with Crippen molar-refractivity contribution in [2.24, 2.45) is 0 Å². The molecule has 0 saturated heterocycles. The van der Waals surface area contributed by atoms with Gasteiger partial charge in [-0.15, -0.1) is 0 Å². The monoisotopic (exact) mass is 1260 g/mol. The largest absolute Gasteiger partial charge is 0.426 e. The Bertz CT molecular complexity index is 4360. The topological polar surface area (TPSA) is 105 Å². The third-order valence-electron chi connectivity index (χ3n) is 16.5. The Morgan fingerprint density at radius 3 is 0.739 bits per heavy atom. The number of alkyl halides is 12. The predicted molar refractivity (Wildman–Crippen MR) is 316 cm³/mol. The highest BCUT2D eigenvalue weighted by Crippen LogP contribution is 2.63. The fourth-order valence-corrected chi connectivity index (χ4v) is 13.0. The first kappa shape index (κ1) is 60.4. The first-order chi connectivity index (χ1) is 43.6. The van der Waals surface area contributed by atoms with Crippen LogP contribution < -0.4 is 18.9 Å². The van der Waals surface area contributed by atoms with E-state index >= 15 is 0 Å². The van der Waals surface area contributed by atoms with E-state index in [4.69, 9.17) is 18.9 Å². The lowest BCUT2D eigenvalue weighted by molar-refractivity contribution is -0.165. The Labute approximate surface area is 513 Å². The van der Waals surface area contributed by atoms with Gasteiger partial charge in [0.15, 0.2) is 0 Å². The first-order valence-corrected chi connectivity index (χ1v) is 28.3. The Morgan fingerprint density at radius 2 is 0.489 bits per heavy atom. The van der Waals surface area contributed by atoms with Gasteiger partial charge in [-0.1, -0.05) is 121 Å². The molecular formula is C72H42F12O8. The molecule has 11 aromatic carbocycles. The normalized spacial score (nSPS) is 14.0. The van der Waals surface area contributed by atoms with E-state index in [9.17, 15) is 71.9 Å². The second-order valence-electron chi connectivity index (χ2n) is 22.5. The van der Waals surface area contributed by atoms with E-state index in [0.717, 1.165) is 44.5 Å². The van der Waals surface area contributed by atoms with Crippen LogP contribution >= 0.6 is 0 Å². The van der Waals surface area contributed by atoms with Gasteiger partial charge in [-0.25, -0.2) is 0 Å². The van der Waals surface area contributed by atoms with Crippen LogP contribution in [0.15, 0.2) is 206 Å². The number of halogens is 12. The number of esters is 4. The Balaban J connectivity index is 1.04. The van der Waals surface area contributed by atoms with E-state index in [1.165, 1.54) is 48.5 Å². The van der Waals surface area contributed by atoms with Crippen LogP contribution in [0.1, 0.15) is 70.2 Å². The molecule has 20 heteroatoms. The molecule has 0 bridgehead atoms. The molecule has 0 aromatic heterocycles. The highest BCUT2D eigenvalue weighted by Gasteiger charge is 2.52. The molecule has 0 radical (unpaired) electrons. The van der Waals surface area contributed by atoms with Crippen LogP contribution in [-0.2, 0) is 30.0 Å². The number of rotatable bonds is 12. The van der Waals surface area contributed by atoms with E-state index in [2.05, 4.69) is 12.1 Å². The molecule has 0 N–H and O–H groups in total. The SMILES string of the molecule is O=C(CC(F)(F)F)Oc1ccc2cc(C3(c4ccc5cc(OC(=O)CC(F)(F)F)ccc5c4)c4ccccc4-c4cc5c(cc43)-c3ccccc3C5(c3ccc4cc(OC(=O)CC(F)(F)F)ccc4c3)c3ccc4cc(OC(=O)CC(F)(F)F)ccc4c3)ccc2c1. The van der Waals surface area contributed by atoms with E-state index in [1.807, 2.05) is 97.1 Å². The molecule has 0 aliphatic heterocycles. The lowest BCUT2D eigenvalue weighted by atomic mass is 9.65. The zero-order valence-corrected chi connectivity index (χ0v) is 47.3. The molecule has 2 aliphatic carbocycles. The number of hydrogen-bond acceptors (Lipinski definition) is 8. The number of carbonyl (C=O) groups excluding carboxylic acids is 4. The Kier molecular flexibility index (Phi) is 14.6. The van der Waals surface area contributed by atoms with Crippen molar-refractivity contribution in [3.8, 4) is 45.3 Å². The molecule has 0 amide bonds. The summed E-state index contributed by atoms with van der Waals surface area (Å²) >= 11 is 0. The standard InChI is InChI=1S/C72H42F12O8/c73-67(74,75)35-63(85)89-51-21-13-39-25-47(17-9-43(39)29-51)71(48-18-10-44-30-52(22-14-40(44)26-48)90-64(86)36-68(76,77)78)59-7-3-1-5-55(59)57-33-62-58(34-61(57)71)56-6-2-4-8-60(56)72(62,49-19-11-45-31-53(23-15-41(45)27-49)91-65(87)37-69(79,80)81)50-20-12-46-32-54(24-16-42(46)28-50)92-66(88)38-70(82,83)84/h1-34H,35-38H2. The first-order valence-electron chi connectivity index (χ1n) is 28.3. The summed E-state index contributed by atoms with van der Waals surface area (Å²) in [7, 11) is 0. The molecule has 0 fully saturated rings. The summed E-state index contributed by atoms with van der Waals surface area (Å²) in [4.78, 5) is 49.4. The van der Waals surface area contributed by atoms with E-state index in [1.54, 1.807) is 48.5 Å². The van der Waals surface area contributed by atoms with Gasteiger partial charge < -0.3 is 18.9 Å². The maximum atomic E-state index is 13.2. The minimum atomic E-state index is -4.81. The van der Waals surface area contributed by atoms with Gasteiger partial charge in [0.1, 0.15) is 48.7 Å². The summed E-state index contributed by atoms with van der Waals surface area (Å²) in [5, 5.41) is 4.45. The average molecular weight is 1260 g/mol. The molecule has 0 unspecified atom stereocenters. The lowest BCUT2D eigenvalue weighted by Crippen LogP contribution is -2.30. The van der Waals surface area contributed by atoms with Crippen LogP contribution in [0.2, 0.25) is 0 Å². The molecule has 92 heavy (non-hydrogen) atoms. The minimum absolute atomic E-state index is 0.121. The third kappa shape index (κ3) is 11.4. The number of benzene rings is 11. The summed E-state index contributed by atoms with van der Waals surface area (Å²) in [6, 6.07) is 59.7. The van der Waals surface area contributed by atoms with E-state index in [-0.39, 0.29) is 23.0 Å². The van der Waals surface area contributed by atoms with Gasteiger partial charge in [0.05, 0.1) is 10.8 Å². The van der Waals surface area contributed by atoms with Gasteiger partial charge in [0, 0.05) is 0 Å². The minimum Gasteiger partial charge on any atom is -0.426 e. The Morgan fingerprint density at radius 1 is 0.261 bits per heavy atom. The fraction of sp³-hybridized carbons (Fsp3) is 0.139. The molecule has 2 aliphatic rings. The van der Waals surface area contributed by atoms with Gasteiger partial charge in [-0.3, -0.25) is 19.2 Å². The molecule has 0 atom stereocenters. The van der Waals surface area contributed by atoms with Crippen molar-refractivity contribution in [2.75, 3.05) is 0 Å². The second-order valence-corrected chi connectivity index (χ2v) is 22.5. The van der Waals surface area contributed by atoms with Gasteiger partial charge in [-0.2, -0.15) is 52.7 Å². The van der Waals surface area contributed by atoms with Crippen LogP contribution in [0.5, 0.6) is 23.0 Å². The molecule has 0 spiro atoms. The average Bonchev–Trinajstić information content (AvgIpc) is 1.50. The van der Waals surface area contributed by atoms with E-state index < -0.39 is 85.1 Å². The summed E-state index contributed by atoms with van der Waals surface area (Å²) in [5.74, 6) is -6.48. The van der Waals surface area contributed by atoms with Crippen molar-refractivity contribution >= 4 is 67.0 Å². The van der Waals surface area contributed by atoms with Crippen molar-refractivity contribution in [1.29, 1.82) is 0 Å². The van der Waals surface area contributed by atoms with Crippen LogP contribution in [-0.4, -0.2) is 48.6 Å². The van der Waals surface area contributed by atoms with Crippen LogP contribution in [0.4, 0.5) is 52.7 Å². The maximum absolute atomic E-state index is 13.2. The van der Waals surface area contributed by atoms with Crippen molar-refractivity contribution in [3.05, 3.63) is 251 Å². The van der Waals surface area contributed by atoms with Crippen LogP contribution in [0, 0.1) is 0 Å². The number of fused-ring (bicyclic) bond motifs is 10. The third-order valence-corrected chi connectivity index (χ3v) is 16.5. The van der Waals surface area contributed by atoms with Crippen LogP contribution in [0.25, 0.3) is 65.3 Å². The summed E-state index contributed by atoms with van der Waals surface area (Å²) in [5.41, 5.74) is 6.49. The zero-order valence-electron chi connectivity index (χ0n) is 47.3. The van der Waals surface area contributed by atoms with Crippen molar-refractivity contribution < 1.29 is 90.8 Å². The van der Waals surface area contributed by atoms with Crippen molar-refractivity contribution in [1.82, 2.24) is 0 Å². The van der Waals surface area contributed by atoms with Crippen LogP contribution in [0.3, 0.4) is 0 Å². The smallest absolute Gasteiger partial charge is 0.399 e. The van der Waals surface area contributed by atoms with E-state index in [0.29, 0.717) is 65.3 Å². The van der Waals surface area contributed by atoms with Gasteiger partial charge in [-0.05, 0) is 195 Å². The molecule has 13 rings (SSSR count). The Hall–Kier alpha value is -10.5. The summed E-state index contributed by atoms with van der Waals surface area (Å²) in [6.45, 7) is 0. The van der Waals surface area contributed by atoms with Gasteiger partial charge in [0.2, 0.25) is 0 Å². The lowest BCUT2D eigenvalue weighted by Gasteiger charge is -2.36. The zero-order chi connectivity index (χ0) is 64.9. The highest BCUT2D eigenvalue weighted by atomic mass is 19.4. The van der Waals surface area contributed by atoms with Crippen molar-refractivity contribution in [3.63, 3.8) is 0 Å². The molecule has 8 nitrogen and oxygen atoms in total. The van der Waals surface area contributed by atoms with Crippen molar-refractivity contribution in [2.45, 2.75) is 61.2 Å². The number of carbonyl (C=O) groups is 4. The van der Waals surface area contributed by atoms with Gasteiger partial charge in [0.25, 0.3) is 0 Å². The summed E-state index contributed by atoms with van der Waals surface area (Å²) in [6.07, 6.45) is -26.5. The summed E-state index contributed by atoms with van der Waals surface area (Å²) < 4.78 is 179. The molecule has 0 heterocycles. The molecule has 0 saturated carbocycles. The maximum Gasteiger partial charge on any atom is 0.399 e. The predicted octanol–water partition coefficient (Wildman–Crippen LogP) is 18.5. The van der Waals surface area contributed by atoms with Gasteiger partial charge >= 0.3 is 48.6 Å². The second kappa shape index (κ2) is 22.2. The fourth-order valence-electron chi connectivity index (χ4n) is 13.0. The number of ether oxygens (including phenoxy) is 4. The highest BCUT2D eigenvalue weighted by molar-refractivity contribution is 5.99.